The van der Waals surface area contributed by atoms with Crippen LogP contribution in [0.1, 0.15) is 59.8 Å². The van der Waals surface area contributed by atoms with Gasteiger partial charge >= 0.3 is 6.09 Å². The first-order chi connectivity index (χ1) is 14.5. The van der Waals surface area contributed by atoms with Gasteiger partial charge in [-0.2, -0.15) is 0 Å². The molecule has 31 heavy (non-hydrogen) atoms. The number of methoxy groups -OCH3 is 1. The Morgan fingerprint density at radius 3 is 2.52 bits per heavy atom. The summed E-state index contributed by atoms with van der Waals surface area (Å²) in [5, 5.41) is 10.5. The van der Waals surface area contributed by atoms with Gasteiger partial charge in [0.15, 0.2) is 0 Å². The van der Waals surface area contributed by atoms with Crippen molar-refractivity contribution in [1.82, 2.24) is 14.7 Å². The van der Waals surface area contributed by atoms with Gasteiger partial charge in [-0.25, -0.2) is 4.79 Å². The van der Waals surface area contributed by atoms with E-state index in [9.17, 15) is 14.7 Å². The van der Waals surface area contributed by atoms with Gasteiger partial charge in [0.05, 0.1) is 18.8 Å². The summed E-state index contributed by atoms with van der Waals surface area (Å²) in [4.78, 5) is 31.5. The fourth-order valence-corrected chi connectivity index (χ4v) is 4.89. The lowest BCUT2D eigenvalue weighted by atomic mass is 9.90. The van der Waals surface area contributed by atoms with Gasteiger partial charge in [-0.1, -0.05) is 0 Å². The number of nitrogens with zero attached hydrogens (tertiary/aromatic N) is 3. The molecule has 3 aliphatic rings. The van der Waals surface area contributed by atoms with Crippen LogP contribution in [-0.4, -0.2) is 102 Å². The average molecular weight is 440 g/mol. The summed E-state index contributed by atoms with van der Waals surface area (Å²) in [5.41, 5.74) is -0.368. The molecule has 2 heterocycles. The van der Waals surface area contributed by atoms with Gasteiger partial charge in [-0.15, -0.1) is 0 Å². The molecule has 0 aromatic heterocycles. The molecule has 2 aliphatic heterocycles. The second-order valence-electron chi connectivity index (χ2n) is 10.6. The van der Waals surface area contributed by atoms with Crippen LogP contribution in [0.3, 0.4) is 0 Å². The molecule has 1 N–H and O–H groups in total. The van der Waals surface area contributed by atoms with E-state index in [0.717, 1.165) is 45.3 Å². The topological polar surface area (TPSA) is 82.6 Å². The Morgan fingerprint density at radius 1 is 1.23 bits per heavy atom. The second kappa shape index (κ2) is 9.63. The summed E-state index contributed by atoms with van der Waals surface area (Å²) >= 11 is 0. The average Bonchev–Trinajstić information content (AvgIpc) is 3.46. The number of carbonyl (C=O) groups is 2. The highest BCUT2D eigenvalue weighted by atomic mass is 16.6. The van der Waals surface area contributed by atoms with Crippen LogP contribution >= 0.6 is 0 Å². The van der Waals surface area contributed by atoms with Gasteiger partial charge in [-0.05, 0) is 65.3 Å². The molecule has 0 unspecified atom stereocenters. The molecule has 8 heteroatoms. The summed E-state index contributed by atoms with van der Waals surface area (Å²) in [6.07, 6.45) is 3.85. The van der Waals surface area contributed by atoms with Crippen LogP contribution in [0.2, 0.25) is 0 Å². The number of piperidine rings is 1. The quantitative estimate of drug-likeness (QED) is 0.683. The second-order valence-corrected chi connectivity index (χ2v) is 10.6. The van der Waals surface area contributed by atoms with Crippen LogP contribution in [-0.2, 0) is 14.3 Å². The molecule has 178 valence electrons. The molecule has 3 rings (SSSR count). The largest absolute Gasteiger partial charge is 0.444 e. The Bertz CT molecular complexity index is 646. The first-order valence-corrected chi connectivity index (χ1v) is 11.7. The van der Waals surface area contributed by atoms with Crippen molar-refractivity contribution in [2.45, 2.75) is 83.6 Å². The van der Waals surface area contributed by atoms with Crippen molar-refractivity contribution in [1.29, 1.82) is 0 Å². The summed E-state index contributed by atoms with van der Waals surface area (Å²) in [6, 6.07) is -0.181. The van der Waals surface area contributed by atoms with Crippen molar-refractivity contribution in [3.8, 4) is 0 Å². The summed E-state index contributed by atoms with van der Waals surface area (Å²) in [6.45, 7) is 11.4. The van der Waals surface area contributed by atoms with Crippen LogP contribution < -0.4 is 0 Å². The van der Waals surface area contributed by atoms with Crippen LogP contribution in [0.4, 0.5) is 4.79 Å². The van der Waals surface area contributed by atoms with Crippen molar-refractivity contribution in [2.75, 3.05) is 46.4 Å². The van der Waals surface area contributed by atoms with Crippen molar-refractivity contribution in [3.63, 3.8) is 0 Å². The number of hydrogen-bond acceptors (Lipinski definition) is 6. The van der Waals surface area contributed by atoms with Crippen molar-refractivity contribution >= 4 is 12.0 Å². The number of aliphatic hydroxyl groups excluding tert-OH is 1. The summed E-state index contributed by atoms with van der Waals surface area (Å²) < 4.78 is 11.0. The third kappa shape index (κ3) is 6.11. The van der Waals surface area contributed by atoms with E-state index in [1.54, 1.807) is 12.0 Å². The highest BCUT2D eigenvalue weighted by molar-refractivity contribution is 5.78. The maximum atomic E-state index is 13.0. The SMILES string of the molecule is COC[C@H](CCN1CCC2(CC2)[C@H](O)C1)N1C[C@@H](C)N(C(=O)OC(C)(C)C)CCC1=O. The Labute approximate surface area is 186 Å². The fraction of sp³-hybridized carbons (Fsp3) is 0.913. The number of ether oxygens (including phenoxy) is 2. The minimum atomic E-state index is -0.566. The lowest BCUT2D eigenvalue weighted by Gasteiger charge is -2.38. The molecule has 2 saturated heterocycles. The number of β-amino-alcohol motifs (C(OH)–C–C–N with tert-alkyl or cyclic N) is 1. The highest BCUT2D eigenvalue weighted by Gasteiger charge is 2.51. The van der Waals surface area contributed by atoms with Gasteiger partial charge in [0.1, 0.15) is 5.60 Å². The molecular formula is C23H41N3O5. The van der Waals surface area contributed by atoms with Crippen LogP contribution in [0.5, 0.6) is 0 Å². The van der Waals surface area contributed by atoms with Gasteiger partial charge in [0.2, 0.25) is 5.91 Å². The van der Waals surface area contributed by atoms with E-state index in [1.807, 2.05) is 32.6 Å². The molecule has 0 aromatic carbocycles. The Balaban J connectivity index is 1.59. The molecule has 1 aliphatic carbocycles. The Hall–Kier alpha value is -1.38. The number of likely N-dealkylation sites (tertiary alicyclic amines) is 1. The van der Waals surface area contributed by atoms with E-state index in [2.05, 4.69) is 4.90 Å². The molecule has 1 saturated carbocycles. The maximum absolute atomic E-state index is 13.0. The predicted molar refractivity (Wildman–Crippen MR) is 118 cm³/mol. The van der Waals surface area contributed by atoms with E-state index in [0.29, 0.717) is 19.7 Å². The molecule has 1 spiro atoms. The third-order valence-corrected chi connectivity index (χ3v) is 7.04. The van der Waals surface area contributed by atoms with E-state index < -0.39 is 5.60 Å². The number of carbonyl (C=O) groups excluding carboxylic acids is 2. The molecule has 2 amide bonds. The first kappa shape index (κ1) is 24.3. The van der Waals surface area contributed by atoms with Crippen molar-refractivity contribution in [3.05, 3.63) is 0 Å². The summed E-state index contributed by atoms with van der Waals surface area (Å²) in [7, 11) is 1.66. The molecule has 0 radical (unpaired) electrons. The first-order valence-electron chi connectivity index (χ1n) is 11.7. The molecule has 0 aromatic rings. The molecule has 0 bridgehead atoms. The number of aliphatic hydroxyl groups is 1. The van der Waals surface area contributed by atoms with Crippen LogP contribution in [0.25, 0.3) is 0 Å². The lowest BCUT2D eigenvalue weighted by Crippen LogP contribution is -2.50. The molecule has 3 fully saturated rings. The number of amides is 2. The van der Waals surface area contributed by atoms with Crippen LogP contribution in [0.15, 0.2) is 0 Å². The van der Waals surface area contributed by atoms with E-state index in [4.69, 9.17) is 9.47 Å². The Morgan fingerprint density at radius 2 is 1.94 bits per heavy atom. The molecular weight excluding hydrogens is 398 g/mol. The van der Waals surface area contributed by atoms with Gasteiger partial charge in [0.25, 0.3) is 0 Å². The normalized spacial score (nSPS) is 27.9. The van der Waals surface area contributed by atoms with Gasteiger partial charge in [0, 0.05) is 45.8 Å². The standard InChI is InChI=1S/C23H41N3O5/c1-17-14-26(20(28)7-12-25(17)21(29)31-22(2,3)4)18(16-30-5)6-11-24-13-10-23(8-9-23)19(27)15-24/h17-19,27H,6-16H2,1-5H3/t17-,18+,19-/m1/s1. The van der Waals surface area contributed by atoms with E-state index in [-0.39, 0.29) is 42.0 Å². The third-order valence-electron chi connectivity index (χ3n) is 7.04. The lowest BCUT2D eigenvalue weighted by molar-refractivity contribution is -0.134. The zero-order chi connectivity index (χ0) is 22.8. The number of rotatable bonds is 6. The summed E-state index contributed by atoms with van der Waals surface area (Å²) in [5.74, 6) is 0.0515. The molecule has 3 atom stereocenters. The zero-order valence-electron chi connectivity index (χ0n) is 19.9. The monoisotopic (exact) mass is 439 g/mol. The van der Waals surface area contributed by atoms with Gasteiger partial charge < -0.3 is 29.3 Å². The van der Waals surface area contributed by atoms with Gasteiger partial charge in [-0.3, -0.25) is 4.79 Å². The highest BCUT2D eigenvalue weighted by Crippen LogP contribution is 2.53. The van der Waals surface area contributed by atoms with Crippen molar-refractivity contribution in [2.24, 2.45) is 5.41 Å². The number of hydrogen-bond donors (Lipinski definition) is 1. The van der Waals surface area contributed by atoms with E-state index in [1.165, 1.54) is 0 Å². The fourth-order valence-electron chi connectivity index (χ4n) is 4.89. The van der Waals surface area contributed by atoms with E-state index >= 15 is 0 Å². The minimum absolute atomic E-state index is 0.0486. The predicted octanol–water partition coefficient (Wildman–Crippen LogP) is 2.10. The smallest absolute Gasteiger partial charge is 0.410 e. The van der Waals surface area contributed by atoms with Crippen molar-refractivity contribution < 1.29 is 24.2 Å². The van der Waals surface area contributed by atoms with Crippen LogP contribution in [0, 0.1) is 5.41 Å². The zero-order valence-corrected chi connectivity index (χ0v) is 19.9. The Kier molecular flexibility index (Phi) is 7.54. The minimum Gasteiger partial charge on any atom is -0.444 e. The maximum Gasteiger partial charge on any atom is 0.410 e. The molecule has 8 nitrogen and oxygen atoms in total.